The van der Waals surface area contributed by atoms with Crippen molar-refractivity contribution in [2.45, 2.75) is 26.8 Å². The second-order valence-electron chi connectivity index (χ2n) is 4.51. The van der Waals surface area contributed by atoms with Crippen molar-refractivity contribution in [3.63, 3.8) is 0 Å². The smallest absolute Gasteiger partial charge is 0.235 e. The van der Waals surface area contributed by atoms with Gasteiger partial charge in [0.1, 0.15) is 0 Å². The highest BCUT2D eigenvalue weighted by atomic mass is 32.1. The number of hydrogen-bond acceptors (Lipinski definition) is 5. The monoisotopic (exact) mass is 239 g/mol. The van der Waals surface area contributed by atoms with Gasteiger partial charge < -0.3 is 5.73 Å². The van der Waals surface area contributed by atoms with Gasteiger partial charge in [-0.2, -0.15) is 0 Å². The number of aromatic nitrogens is 1. The first-order valence-electron chi connectivity index (χ1n) is 4.95. The molecule has 0 aromatic carbocycles. The summed E-state index contributed by atoms with van der Waals surface area (Å²) in [6.07, 6.45) is 1.88. The molecule has 0 aliphatic carbocycles. The van der Waals surface area contributed by atoms with Gasteiger partial charge in [-0.25, -0.2) is 4.98 Å². The van der Waals surface area contributed by atoms with E-state index in [4.69, 9.17) is 5.73 Å². The minimum atomic E-state index is -0.576. The predicted molar refractivity (Wildman–Crippen MR) is 60.5 cm³/mol. The Hall–Kier alpha value is -1.43. The maximum Gasteiger partial charge on any atom is 0.235 e. The molecule has 5 nitrogen and oxygen atoms in total. The number of carbonyl (C=O) groups is 2. The van der Waals surface area contributed by atoms with Crippen LogP contribution in [0.3, 0.4) is 0 Å². The van der Waals surface area contributed by atoms with E-state index in [1.165, 1.54) is 16.2 Å². The van der Waals surface area contributed by atoms with Gasteiger partial charge in [0.25, 0.3) is 0 Å². The number of anilines is 1. The Bertz CT molecular complexity index is 453. The van der Waals surface area contributed by atoms with Gasteiger partial charge in [0, 0.05) is 17.5 Å². The van der Waals surface area contributed by atoms with Gasteiger partial charge in [-0.05, 0) is 0 Å². The molecule has 0 atom stereocenters. The number of nitrogen functional groups attached to an aromatic ring is 1. The lowest BCUT2D eigenvalue weighted by molar-refractivity contribution is -0.141. The van der Waals surface area contributed by atoms with E-state index in [-0.39, 0.29) is 24.8 Å². The van der Waals surface area contributed by atoms with E-state index in [0.717, 1.165) is 4.88 Å². The molecule has 2 N–H and O–H groups in total. The van der Waals surface area contributed by atoms with Crippen molar-refractivity contribution >= 4 is 28.3 Å². The van der Waals surface area contributed by atoms with Crippen molar-refractivity contribution in [3.05, 3.63) is 11.1 Å². The van der Waals surface area contributed by atoms with Crippen LogP contribution in [-0.4, -0.2) is 21.7 Å². The highest BCUT2D eigenvalue weighted by Crippen LogP contribution is 2.33. The van der Waals surface area contributed by atoms with Gasteiger partial charge in [0.05, 0.1) is 12.0 Å². The van der Waals surface area contributed by atoms with Gasteiger partial charge in [-0.1, -0.05) is 13.8 Å². The second kappa shape index (κ2) is 3.55. The number of nitrogens with zero attached hydrogens (tertiary/aromatic N) is 2. The minimum absolute atomic E-state index is 0.121. The lowest BCUT2D eigenvalue weighted by Gasteiger charge is -2.16. The van der Waals surface area contributed by atoms with Crippen LogP contribution in [0.4, 0.5) is 5.13 Å². The van der Waals surface area contributed by atoms with E-state index in [1.54, 1.807) is 20.0 Å². The molecule has 16 heavy (non-hydrogen) atoms. The summed E-state index contributed by atoms with van der Waals surface area (Å²) < 4.78 is 0. The van der Waals surface area contributed by atoms with E-state index in [2.05, 4.69) is 4.98 Å². The van der Waals surface area contributed by atoms with Crippen molar-refractivity contribution in [2.24, 2.45) is 5.41 Å². The van der Waals surface area contributed by atoms with Crippen molar-refractivity contribution in [2.75, 3.05) is 5.73 Å². The summed E-state index contributed by atoms with van der Waals surface area (Å²) in [5.41, 5.74) is 4.92. The molecule has 0 unspecified atom stereocenters. The zero-order valence-electron chi connectivity index (χ0n) is 9.19. The van der Waals surface area contributed by atoms with Gasteiger partial charge in [-0.15, -0.1) is 11.3 Å². The average molecular weight is 239 g/mol. The predicted octanol–water partition coefficient (Wildman–Crippen LogP) is 1.01. The Morgan fingerprint density at radius 1 is 1.56 bits per heavy atom. The maximum absolute atomic E-state index is 11.9. The molecule has 2 heterocycles. The topological polar surface area (TPSA) is 76.3 Å². The number of thiazole rings is 1. The van der Waals surface area contributed by atoms with E-state index < -0.39 is 5.41 Å². The van der Waals surface area contributed by atoms with Crippen LogP contribution in [0.1, 0.15) is 25.1 Å². The zero-order valence-corrected chi connectivity index (χ0v) is 10.0. The minimum Gasteiger partial charge on any atom is -0.375 e. The molecule has 1 aliphatic rings. The first kappa shape index (κ1) is 11.1. The van der Waals surface area contributed by atoms with E-state index in [1.807, 2.05) is 0 Å². The van der Waals surface area contributed by atoms with E-state index in [9.17, 15) is 9.59 Å². The first-order valence-corrected chi connectivity index (χ1v) is 5.77. The summed E-state index contributed by atoms with van der Waals surface area (Å²) in [6.45, 7) is 3.86. The number of hydrogen-bond donors (Lipinski definition) is 1. The molecular weight excluding hydrogens is 226 g/mol. The molecule has 2 rings (SSSR count). The van der Waals surface area contributed by atoms with Crippen molar-refractivity contribution in [1.82, 2.24) is 9.88 Å². The summed E-state index contributed by atoms with van der Waals surface area (Å²) >= 11 is 1.30. The van der Waals surface area contributed by atoms with Gasteiger partial charge in [-0.3, -0.25) is 14.5 Å². The number of rotatable bonds is 2. The molecule has 1 aromatic heterocycles. The fraction of sp³-hybridized carbons (Fsp3) is 0.500. The zero-order chi connectivity index (χ0) is 11.9. The highest BCUT2D eigenvalue weighted by molar-refractivity contribution is 7.15. The van der Waals surface area contributed by atoms with Crippen molar-refractivity contribution in [3.8, 4) is 0 Å². The van der Waals surface area contributed by atoms with Crippen LogP contribution >= 0.6 is 11.3 Å². The SMILES string of the molecule is CC1(C)CC(=O)N(Cc2cnc(N)s2)C1=O. The third-order valence-corrected chi connectivity index (χ3v) is 3.41. The summed E-state index contributed by atoms with van der Waals surface area (Å²) in [5.74, 6) is -0.244. The van der Waals surface area contributed by atoms with Crippen molar-refractivity contribution in [1.29, 1.82) is 0 Å². The Labute approximate surface area is 97.3 Å². The molecule has 1 fully saturated rings. The quantitative estimate of drug-likeness (QED) is 0.781. The Morgan fingerprint density at radius 2 is 2.25 bits per heavy atom. The highest BCUT2D eigenvalue weighted by Gasteiger charge is 2.44. The van der Waals surface area contributed by atoms with Crippen LogP contribution in [0.2, 0.25) is 0 Å². The maximum atomic E-state index is 11.9. The van der Waals surface area contributed by atoms with Crippen LogP contribution in [0, 0.1) is 5.41 Å². The third-order valence-electron chi connectivity index (χ3n) is 2.60. The van der Waals surface area contributed by atoms with Gasteiger partial charge >= 0.3 is 0 Å². The van der Waals surface area contributed by atoms with Gasteiger partial charge in [0.2, 0.25) is 11.8 Å². The molecule has 6 heteroatoms. The van der Waals surface area contributed by atoms with E-state index >= 15 is 0 Å². The fourth-order valence-electron chi connectivity index (χ4n) is 1.74. The van der Waals surface area contributed by atoms with Crippen LogP contribution in [-0.2, 0) is 16.1 Å². The lowest BCUT2D eigenvalue weighted by Crippen LogP contribution is -2.32. The van der Waals surface area contributed by atoms with Crippen LogP contribution in [0.25, 0.3) is 0 Å². The van der Waals surface area contributed by atoms with Crippen LogP contribution in [0.5, 0.6) is 0 Å². The number of likely N-dealkylation sites (tertiary alicyclic amines) is 1. The second-order valence-corrected chi connectivity index (χ2v) is 5.66. The molecule has 1 saturated heterocycles. The molecule has 86 valence electrons. The summed E-state index contributed by atoms with van der Waals surface area (Å²) in [7, 11) is 0. The number of amides is 2. The van der Waals surface area contributed by atoms with Gasteiger partial charge in [0.15, 0.2) is 5.13 Å². The average Bonchev–Trinajstić information content (AvgIpc) is 2.65. The number of imide groups is 1. The molecule has 2 amide bonds. The molecule has 1 aromatic rings. The summed E-state index contributed by atoms with van der Waals surface area (Å²) in [6, 6.07) is 0. The van der Waals surface area contributed by atoms with Crippen molar-refractivity contribution < 1.29 is 9.59 Å². The molecule has 0 saturated carbocycles. The third kappa shape index (κ3) is 1.80. The summed E-state index contributed by atoms with van der Waals surface area (Å²) in [4.78, 5) is 29.6. The van der Waals surface area contributed by atoms with Crippen LogP contribution in [0.15, 0.2) is 6.20 Å². The Kier molecular flexibility index (Phi) is 2.46. The number of carbonyl (C=O) groups excluding carboxylic acids is 2. The van der Waals surface area contributed by atoms with E-state index in [0.29, 0.717) is 5.13 Å². The number of nitrogens with two attached hydrogens (primary N) is 1. The molecule has 1 aliphatic heterocycles. The Morgan fingerprint density at radius 3 is 2.69 bits per heavy atom. The lowest BCUT2D eigenvalue weighted by atomic mass is 9.92. The Balaban J connectivity index is 2.17. The molecule has 0 spiro atoms. The standard InChI is InChI=1S/C10H13N3O2S/c1-10(2)3-7(14)13(8(10)15)5-6-4-12-9(11)16-6/h4H,3,5H2,1-2H3,(H2,11,12). The summed E-state index contributed by atoms with van der Waals surface area (Å²) in [5, 5.41) is 0.452. The molecular formula is C10H13N3O2S. The first-order chi connectivity index (χ1) is 7.40. The fourth-order valence-corrected chi connectivity index (χ4v) is 2.41. The van der Waals surface area contributed by atoms with Crippen LogP contribution < -0.4 is 5.73 Å². The molecule has 0 bridgehead atoms. The molecule has 0 radical (unpaired) electrons. The largest absolute Gasteiger partial charge is 0.375 e. The normalized spacial score (nSPS) is 19.5.